The zero-order valence-electron chi connectivity index (χ0n) is 13.4. The highest BCUT2D eigenvalue weighted by atomic mass is 35.5. The molecule has 2 saturated carbocycles. The van der Waals surface area contributed by atoms with Gasteiger partial charge in [-0.1, -0.05) is 18.2 Å². The van der Waals surface area contributed by atoms with Gasteiger partial charge in [-0.3, -0.25) is 4.79 Å². The second kappa shape index (κ2) is 7.82. The monoisotopic (exact) mass is 373 g/mol. The first-order valence-electron chi connectivity index (χ1n) is 8.07. The molecule has 2 bridgehead atoms. The number of amides is 1. The lowest BCUT2D eigenvalue weighted by Gasteiger charge is -2.27. The van der Waals surface area contributed by atoms with E-state index in [1.165, 1.54) is 12.1 Å². The third-order valence-corrected chi connectivity index (χ3v) is 6.53. The van der Waals surface area contributed by atoms with Crippen LogP contribution < -0.4 is 15.8 Å². The fourth-order valence-corrected chi connectivity index (χ4v) is 4.95. The fraction of sp³-hybridized carbons (Fsp3) is 0.562. The summed E-state index contributed by atoms with van der Waals surface area (Å²) in [6, 6.07) is 8.14. The minimum atomic E-state index is -3.52. The van der Waals surface area contributed by atoms with E-state index in [0.717, 1.165) is 19.3 Å². The van der Waals surface area contributed by atoms with Gasteiger partial charge >= 0.3 is 0 Å². The van der Waals surface area contributed by atoms with E-state index in [1.54, 1.807) is 18.2 Å². The molecule has 2 aliphatic carbocycles. The number of hydrogen-bond acceptors (Lipinski definition) is 4. The highest BCUT2D eigenvalue weighted by Crippen LogP contribution is 2.47. The molecular formula is C16H24ClN3O3S. The zero-order valence-corrected chi connectivity index (χ0v) is 15.0. The van der Waals surface area contributed by atoms with Crippen LogP contribution in [0.4, 0.5) is 0 Å². The Balaban J connectivity index is 0.00000208. The van der Waals surface area contributed by atoms with Crippen LogP contribution in [0.5, 0.6) is 0 Å². The van der Waals surface area contributed by atoms with Crippen molar-refractivity contribution < 1.29 is 13.2 Å². The Bertz CT molecular complexity index is 666. The molecule has 0 aromatic heterocycles. The van der Waals surface area contributed by atoms with Crippen LogP contribution in [0.25, 0.3) is 0 Å². The van der Waals surface area contributed by atoms with E-state index in [9.17, 15) is 13.2 Å². The Kier molecular flexibility index (Phi) is 6.25. The Hall–Kier alpha value is -1.15. The number of rotatable bonds is 6. The van der Waals surface area contributed by atoms with Crippen LogP contribution in [-0.4, -0.2) is 33.5 Å². The van der Waals surface area contributed by atoms with E-state index in [1.807, 2.05) is 0 Å². The van der Waals surface area contributed by atoms with Crippen molar-refractivity contribution in [2.45, 2.75) is 30.2 Å². The first-order chi connectivity index (χ1) is 11.0. The first kappa shape index (κ1) is 19.2. The highest BCUT2D eigenvalue weighted by molar-refractivity contribution is 7.89. The maximum atomic E-state index is 12.3. The molecule has 3 rings (SSSR count). The van der Waals surface area contributed by atoms with Gasteiger partial charge in [0.2, 0.25) is 15.9 Å². The fourth-order valence-electron chi connectivity index (χ4n) is 3.90. The SMILES string of the molecule is Cl.NC1C2CCC(C2)C1C(=O)NCCNS(=O)(=O)c1ccccc1. The summed E-state index contributed by atoms with van der Waals surface area (Å²) in [7, 11) is -3.52. The van der Waals surface area contributed by atoms with Gasteiger partial charge in [0, 0.05) is 19.1 Å². The van der Waals surface area contributed by atoms with Crippen LogP contribution in [0.1, 0.15) is 19.3 Å². The number of fused-ring (bicyclic) bond motifs is 2. The summed E-state index contributed by atoms with van der Waals surface area (Å²) in [6.45, 7) is 0.435. The average Bonchev–Trinajstić information content (AvgIpc) is 3.13. The van der Waals surface area contributed by atoms with Gasteiger partial charge in [0.25, 0.3) is 0 Å². The highest BCUT2D eigenvalue weighted by Gasteiger charge is 2.48. The Morgan fingerprint density at radius 3 is 2.42 bits per heavy atom. The van der Waals surface area contributed by atoms with Gasteiger partial charge in [0.05, 0.1) is 10.8 Å². The number of carbonyl (C=O) groups is 1. The van der Waals surface area contributed by atoms with E-state index in [0.29, 0.717) is 11.8 Å². The zero-order chi connectivity index (χ0) is 16.4. The van der Waals surface area contributed by atoms with Crippen molar-refractivity contribution in [2.24, 2.45) is 23.5 Å². The molecule has 4 unspecified atom stereocenters. The lowest BCUT2D eigenvalue weighted by atomic mass is 9.84. The molecule has 0 spiro atoms. The van der Waals surface area contributed by atoms with Gasteiger partial charge in [0.1, 0.15) is 0 Å². The van der Waals surface area contributed by atoms with E-state index < -0.39 is 10.0 Å². The largest absolute Gasteiger partial charge is 0.354 e. The third-order valence-electron chi connectivity index (χ3n) is 5.05. The molecule has 6 nitrogen and oxygen atoms in total. The quantitative estimate of drug-likeness (QED) is 0.644. The number of nitrogens with one attached hydrogen (secondary N) is 2. The molecule has 24 heavy (non-hydrogen) atoms. The van der Waals surface area contributed by atoms with Crippen LogP contribution in [0.15, 0.2) is 35.2 Å². The van der Waals surface area contributed by atoms with E-state index in [2.05, 4.69) is 10.0 Å². The van der Waals surface area contributed by atoms with Gasteiger partial charge in [0.15, 0.2) is 0 Å². The summed E-state index contributed by atoms with van der Waals surface area (Å²) in [4.78, 5) is 12.5. The standard InChI is InChI=1S/C16H23N3O3S.ClH/c17-15-12-7-6-11(10-12)14(15)16(20)18-8-9-19-23(21,22)13-4-2-1-3-5-13;/h1-5,11-12,14-15,19H,6-10,17H2,(H,18,20);1H. The van der Waals surface area contributed by atoms with Gasteiger partial charge in [-0.2, -0.15) is 0 Å². The number of halogens is 1. The van der Waals surface area contributed by atoms with Gasteiger partial charge in [-0.15, -0.1) is 12.4 Å². The predicted octanol–water partition coefficient (Wildman–Crippen LogP) is 0.876. The van der Waals surface area contributed by atoms with Crippen molar-refractivity contribution in [3.8, 4) is 0 Å². The second-order valence-electron chi connectivity index (χ2n) is 6.44. The molecule has 0 radical (unpaired) electrons. The van der Waals surface area contributed by atoms with Gasteiger partial charge < -0.3 is 11.1 Å². The Labute approximate surface area is 149 Å². The molecule has 8 heteroatoms. The lowest BCUT2D eigenvalue weighted by molar-refractivity contribution is -0.126. The Morgan fingerprint density at radius 2 is 1.79 bits per heavy atom. The van der Waals surface area contributed by atoms with Crippen molar-refractivity contribution in [3.63, 3.8) is 0 Å². The lowest BCUT2D eigenvalue weighted by Crippen LogP contribution is -2.46. The summed E-state index contributed by atoms with van der Waals surface area (Å²) in [5, 5.41) is 2.82. The first-order valence-corrected chi connectivity index (χ1v) is 9.55. The number of hydrogen-bond donors (Lipinski definition) is 3. The molecule has 1 aromatic rings. The summed E-state index contributed by atoms with van der Waals surface area (Å²) in [5.74, 6) is 0.728. The molecule has 134 valence electrons. The molecule has 4 N–H and O–H groups in total. The predicted molar refractivity (Wildman–Crippen MR) is 94.2 cm³/mol. The maximum absolute atomic E-state index is 12.3. The van der Waals surface area contributed by atoms with Crippen molar-refractivity contribution in [1.29, 1.82) is 0 Å². The number of sulfonamides is 1. The number of nitrogens with two attached hydrogens (primary N) is 1. The van der Waals surface area contributed by atoms with Crippen LogP contribution in [-0.2, 0) is 14.8 Å². The van der Waals surface area contributed by atoms with Crippen LogP contribution in [0.2, 0.25) is 0 Å². The van der Waals surface area contributed by atoms with Crippen molar-refractivity contribution in [1.82, 2.24) is 10.0 Å². The molecule has 1 aromatic carbocycles. The molecule has 0 saturated heterocycles. The van der Waals surface area contributed by atoms with Crippen molar-refractivity contribution in [3.05, 3.63) is 30.3 Å². The molecular weight excluding hydrogens is 350 g/mol. The molecule has 1 amide bonds. The molecule has 4 atom stereocenters. The van der Waals surface area contributed by atoms with Crippen LogP contribution in [0, 0.1) is 17.8 Å². The van der Waals surface area contributed by atoms with Crippen LogP contribution in [0.3, 0.4) is 0 Å². The van der Waals surface area contributed by atoms with Gasteiger partial charge in [-0.05, 0) is 43.2 Å². The Morgan fingerprint density at radius 1 is 1.12 bits per heavy atom. The van der Waals surface area contributed by atoms with Crippen molar-refractivity contribution in [2.75, 3.05) is 13.1 Å². The number of carbonyl (C=O) groups excluding carboxylic acids is 1. The minimum Gasteiger partial charge on any atom is -0.354 e. The summed E-state index contributed by atoms with van der Waals surface area (Å²) >= 11 is 0. The second-order valence-corrected chi connectivity index (χ2v) is 8.21. The van der Waals surface area contributed by atoms with E-state index in [-0.39, 0.29) is 48.3 Å². The van der Waals surface area contributed by atoms with Gasteiger partial charge in [-0.25, -0.2) is 13.1 Å². The minimum absolute atomic E-state index is 0. The molecule has 0 aliphatic heterocycles. The van der Waals surface area contributed by atoms with E-state index in [4.69, 9.17) is 5.73 Å². The maximum Gasteiger partial charge on any atom is 0.240 e. The number of benzene rings is 1. The smallest absolute Gasteiger partial charge is 0.240 e. The average molecular weight is 374 g/mol. The summed E-state index contributed by atoms with van der Waals surface area (Å²) in [5.41, 5.74) is 6.14. The molecule has 0 heterocycles. The third kappa shape index (κ3) is 3.91. The van der Waals surface area contributed by atoms with Crippen molar-refractivity contribution >= 4 is 28.3 Å². The summed E-state index contributed by atoms with van der Waals surface area (Å²) in [6.07, 6.45) is 3.27. The normalized spacial score (nSPS) is 28.4. The topological polar surface area (TPSA) is 101 Å². The van der Waals surface area contributed by atoms with E-state index >= 15 is 0 Å². The van der Waals surface area contributed by atoms with Crippen LogP contribution >= 0.6 is 12.4 Å². The molecule has 2 fully saturated rings. The summed E-state index contributed by atoms with van der Waals surface area (Å²) < 4.78 is 26.6. The molecule has 2 aliphatic rings.